The third-order valence-corrected chi connectivity index (χ3v) is 3.51. The fraction of sp³-hybridized carbons (Fsp3) is 0.105. The van der Waals surface area contributed by atoms with Crippen LogP contribution in [0.25, 0.3) is 11.1 Å². The topological polar surface area (TPSA) is 70.5 Å². The molecule has 0 radical (unpaired) electrons. The number of hydrogen-bond acceptors (Lipinski definition) is 6. The molecule has 0 atom stereocenters. The normalized spacial score (nSPS) is 10.2. The lowest BCUT2D eigenvalue weighted by Crippen LogP contribution is -2.02. The van der Waals surface area contributed by atoms with Crippen LogP contribution in [-0.4, -0.2) is 30.2 Å². The first kappa shape index (κ1) is 16.4. The Bertz CT molecular complexity index is 882. The van der Waals surface area contributed by atoms with E-state index in [9.17, 15) is 4.79 Å². The number of hydrogen-bond donors (Lipinski definition) is 0. The van der Waals surface area contributed by atoms with Gasteiger partial charge in [0.15, 0.2) is 0 Å². The molecule has 0 unspecified atom stereocenters. The summed E-state index contributed by atoms with van der Waals surface area (Å²) in [5, 5.41) is 0. The van der Waals surface area contributed by atoms with Gasteiger partial charge in [0.25, 0.3) is 0 Å². The molecule has 0 spiro atoms. The minimum Gasteiger partial charge on any atom is -0.497 e. The van der Waals surface area contributed by atoms with E-state index in [1.54, 1.807) is 36.8 Å². The highest BCUT2D eigenvalue weighted by Crippen LogP contribution is 2.33. The Kier molecular flexibility index (Phi) is 4.89. The first-order chi connectivity index (χ1) is 12.2. The minimum atomic E-state index is -0.473. The van der Waals surface area contributed by atoms with E-state index < -0.39 is 5.97 Å². The standard InChI is InChI=1S/C19H16N2O4/c1-23-15-10-14(19(22)24-2)11-16(12-15)25-18-17(4-3-7-21-18)13-5-8-20-9-6-13/h3-12H,1-2H3. The predicted octanol–water partition coefficient (Wildman–Crippen LogP) is 3.73. The molecule has 0 aliphatic rings. The summed E-state index contributed by atoms with van der Waals surface area (Å²) < 4.78 is 15.9. The Hall–Kier alpha value is -3.41. The largest absolute Gasteiger partial charge is 0.497 e. The molecule has 25 heavy (non-hydrogen) atoms. The summed E-state index contributed by atoms with van der Waals surface area (Å²) in [6.07, 6.45) is 5.04. The number of pyridine rings is 2. The Morgan fingerprint density at radius 1 is 0.960 bits per heavy atom. The number of rotatable bonds is 5. The van der Waals surface area contributed by atoms with E-state index in [-0.39, 0.29) is 0 Å². The average molecular weight is 336 g/mol. The SMILES string of the molecule is COC(=O)c1cc(OC)cc(Oc2ncccc2-c2ccncc2)c1. The number of esters is 1. The zero-order valence-corrected chi connectivity index (χ0v) is 13.8. The molecule has 6 nitrogen and oxygen atoms in total. The van der Waals surface area contributed by atoms with Crippen molar-refractivity contribution >= 4 is 5.97 Å². The second kappa shape index (κ2) is 7.44. The third kappa shape index (κ3) is 3.74. The highest BCUT2D eigenvalue weighted by Gasteiger charge is 2.13. The van der Waals surface area contributed by atoms with Gasteiger partial charge in [0.2, 0.25) is 5.88 Å². The van der Waals surface area contributed by atoms with Crippen LogP contribution >= 0.6 is 0 Å². The van der Waals surface area contributed by atoms with Gasteiger partial charge in [0.1, 0.15) is 11.5 Å². The zero-order valence-electron chi connectivity index (χ0n) is 13.8. The van der Waals surface area contributed by atoms with Gasteiger partial charge in [-0.1, -0.05) is 0 Å². The number of carbonyl (C=O) groups excluding carboxylic acids is 1. The van der Waals surface area contributed by atoms with Gasteiger partial charge in [-0.2, -0.15) is 0 Å². The second-order valence-electron chi connectivity index (χ2n) is 5.08. The summed E-state index contributed by atoms with van der Waals surface area (Å²) in [7, 11) is 2.84. The van der Waals surface area contributed by atoms with Gasteiger partial charge < -0.3 is 14.2 Å². The highest BCUT2D eigenvalue weighted by molar-refractivity contribution is 5.90. The number of carbonyl (C=O) groups is 1. The van der Waals surface area contributed by atoms with Crippen LogP contribution in [0, 0.1) is 0 Å². The fourth-order valence-corrected chi connectivity index (χ4v) is 2.32. The van der Waals surface area contributed by atoms with Crippen molar-refractivity contribution in [2.75, 3.05) is 14.2 Å². The van der Waals surface area contributed by atoms with Crippen LogP contribution in [0.1, 0.15) is 10.4 Å². The molecule has 0 saturated heterocycles. The Morgan fingerprint density at radius 2 is 1.72 bits per heavy atom. The molecule has 0 fully saturated rings. The van der Waals surface area contributed by atoms with Gasteiger partial charge in [-0.3, -0.25) is 4.98 Å². The lowest BCUT2D eigenvalue weighted by atomic mass is 10.1. The van der Waals surface area contributed by atoms with E-state index in [4.69, 9.17) is 14.2 Å². The quantitative estimate of drug-likeness (QED) is 0.661. The molecule has 0 aliphatic heterocycles. The summed E-state index contributed by atoms with van der Waals surface area (Å²) >= 11 is 0. The van der Waals surface area contributed by atoms with E-state index in [0.29, 0.717) is 22.9 Å². The number of nitrogens with zero attached hydrogens (tertiary/aromatic N) is 2. The van der Waals surface area contributed by atoms with Crippen molar-refractivity contribution in [1.29, 1.82) is 0 Å². The molecular weight excluding hydrogens is 320 g/mol. The van der Waals surface area contributed by atoms with Crippen molar-refractivity contribution in [3.8, 4) is 28.5 Å². The van der Waals surface area contributed by atoms with Crippen LogP contribution in [-0.2, 0) is 4.74 Å². The number of benzene rings is 1. The molecule has 0 N–H and O–H groups in total. The minimum absolute atomic E-state index is 0.332. The maximum absolute atomic E-state index is 11.8. The van der Waals surface area contributed by atoms with Crippen LogP contribution in [0.2, 0.25) is 0 Å². The van der Waals surface area contributed by atoms with Crippen LogP contribution in [0.15, 0.2) is 61.1 Å². The monoisotopic (exact) mass is 336 g/mol. The lowest BCUT2D eigenvalue weighted by Gasteiger charge is -2.12. The molecule has 0 saturated carbocycles. The number of aromatic nitrogens is 2. The van der Waals surface area contributed by atoms with Gasteiger partial charge in [-0.15, -0.1) is 0 Å². The molecule has 6 heteroatoms. The van der Waals surface area contributed by atoms with Gasteiger partial charge in [0.05, 0.1) is 19.8 Å². The van der Waals surface area contributed by atoms with Crippen LogP contribution < -0.4 is 9.47 Å². The van der Waals surface area contributed by atoms with Crippen molar-refractivity contribution in [3.63, 3.8) is 0 Å². The van der Waals surface area contributed by atoms with Gasteiger partial charge in [-0.05, 0) is 42.0 Å². The maximum Gasteiger partial charge on any atom is 0.338 e. The van der Waals surface area contributed by atoms with Crippen molar-refractivity contribution in [2.24, 2.45) is 0 Å². The van der Waals surface area contributed by atoms with Gasteiger partial charge in [-0.25, -0.2) is 9.78 Å². The summed E-state index contributed by atoms with van der Waals surface area (Å²) in [5.74, 6) is 0.852. The van der Waals surface area contributed by atoms with Gasteiger partial charge >= 0.3 is 5.97 Å². The molecule has 0 bridgehead atoms. The van der Waals surface area contributed by atoms with E-state index in [1.165, 1.54) is 14.2 Å². The summed E-state index contributed by atoms with van der Waals surface area (Å²) in [6.45, 7) is 0. The first-order valence-electron chi connectivity index (χ1n) is 7.52. The predicted molar refractivity (Wildman–Crippen MR) is 91.9 cm³/mol. The Morgan fingerprint density at radius 3 is 2.44 bits per heavy atom. The van der Waals surface area contributed by atoms with E-state index in [2.05, 4.69) is 9.97 Å². The lowest BCUT2D eigenvalue weighted by molar-refractivity contribution is 0.0600. The van der Waals surface area contributed by atoms with Crippen molar-refractivity contribution < 1.29 is 19.0 Å². The Balaban J connectivity index is 2.00. The van der Waals surface area contributed by atoms with Crippen LogP contribution in [0.5, 0.6) is 17.4 Å². The first-order valence-corrected chi connectivity index (χ1v) is 7.52. The van der Waals surface area contributed by atoms with E-state index in [0.717, 1.165) is 11.1 Å². The molecule has 126 valence electrons. The van der Waals surface area contributed by atoms with Crippen molar-refractivity contribution in [1.82, 2.24) is 9.97 Å². The van der Waals surface area contributed by atoms with Crippen molar-refractivity contribution in [2.45, 2.75) is 0 Å². The number of ether oxygens (including phenoxy) is 3. The number of methoxy groups -OCH3 is 2. The smallest absolute Gasteiger partial charge is 0.338 e. The average Bonchev–Trinajstić information content (AvgIpc) is 2.68. The van der Waals surface area contributed by atoms with Crippen LogP contribution in [0.4, 0.5) is 0 Å². The molecule has 2 aromatic heterocycles. The Labute approximate surface area is 145 Å². The highest BCUT2D eigenvalue weighted by atomic mass is 16.5. The van der Waals surface area contributed by atoms with Crippen LogP contribution in [0.3, 0.4) is 0 Å². The molecule has 2 heterocycles. The summed E-state index contributed by atoms with van der Waals surface area (Å²) in [4.78, 5) is 20.1. The maximum atomic E-state index is 11.8. The molecule has 3 aromatic rings. The molecule has 0 amide bonds. The van der Waals surface area contributed by atoms with Crippen molar-refractivity contribution in [3.05, 3.63) is 66.6 Å². The summed E-state index contributed by atoms with van der Waals surface area (Å²) in [5.41, 5.74) is 2.07. The van der Waals surface area contributed by atoms with Gasteiger partial charge in [0, 0.05) is 30.2 Å². The fourth-order valence-electron chi connectivity index (χ4n) is 2.32. The summed E-state index contributed by atoms with van der Waals surface area (Å²) in [6, 6.07) is 12.3. The molecule has 1 aromatic carbocycles. The van der Waals surface area contributed by atoms with E-state index >= 15 is 0 Å². The third-order valence-electron chi connectivity index (χ3n) is 3.51. The molecular formula is C19H16N2O4. The molecule has 3 rings (SSSR count). The molecule has 0 aliphatic carbocycles. The zero-order chi connectivity index (χ0) is 17.6. The second-order valence-corrected chi connectivity index (χ2v) is 5.08. The van der Waals surface area contributed by atoms with E-state index in [1.807, 2.05) is 24.3 Å².